The van der Waals surface area contributed by atoms with Crippen molar-refractivity contribution < 1.29 is 0 Å². The topological polar surface area (TPSA) is 77.6 Å². The molecule has 0 amide bonds. The molecule has 0 fully saturated rings. The first-order valence-corrected chi connectivity index (χ1v) is 19.9. The Labute approximate surface area is 343 Å². The summed E-state index contributed by atoms with van der Waals surface area (Å²) in [6.45, 7) is 1.96. The molecule has 0 saturated carbocycles. The van der Waals surface area contributed by atoms with Crippen molar-refractivity contribution >= 4 is 21.8 Å². The van der Waals surface area contributed by atoms with E-state index in [9.17, 15) is 0 Å². The van der Waals surface area contributed by atoms with Crippen LogP contribution in [-0.4, -0.2) is 19.9 Å². The summed E-state index contributed by atoms with van der Waals surface area (Å²) in [7, 11) is 0. The lowest BCUT2D eigenvalue weighted by Crippen LogP contribution is -2.07. The third-order valence-corrected chi connectivity index (χ3v) is 10.9. The van der Waals surface area contributed by atoms with Gasteiger partial charge in [-0.15, -0.1) is 0 Å². The lowest BCUT2D eigenvalue weighted by molar-refractivity contribution is 0.787. The molecule has 59 heavy (non-hydrogen) atoms. The van der Waals surface area contributed by atoms with E-state index in [0.717, 1.165) is 94.7 Å². The smallest absolute Gasteiger partial charge is 0.160 e. The molecule has 10 aromatic rings. The lowest BCUT2D eigenvalue weighted by atomic mass is 9.95. The molecule has 5 heteroatoms. The van der Waals surface area contributed by atoms with Crippen molar-refractivity contribution in [3.63, 3.8) is 0 Å². The van der Waals surface area contributed by atoms with Gasteiger partial charge in [-0.25, -0.2) is 19.9 Å². The van der Waals surface area contributed by atoms with Crippen molar-refractivity contribution in [2.24, 2.45) is 5.73 Å². The molecule has 280 valence electrons. The van der Waals surface area contributed by atoms with E-state index in [2.05, 4.69) is 164 Å². The Kier molecular flexibility index (Phi) is 9.33. The van der Waals surface area contributed by atoms with Gasteiger partial charge in [0.2, 0.25) is 0 Å². The Bertz CT molecular complexity index is 3110. The third kappa shape index (κ3) is 7.16. The van der Waals surface area contributed by atoms with Crippen LogP contribution in [0.25, 0.3) is 100 Å². The van der Waals surface area contributed by atoms with Crippen molar-refractivity contribution in [1.29, 1.82) is 0 Å². The van der Waals surface area contributed by atoms with E-state index >= 15 is 0 Å². The highest BCUT2D eigenvalue weighted by Gasteiger charge is 2.16. The van der Waals surface area contributed by atoms with Gasteiger partial charge in [-0.05, 0) is 70.6 Å². The maximum absolute atomic E-state index is 6.31. The second-order valence-corrected chi connectivity index (χ2v) is 14.9. The first kappa shape index (κ1) is 35.8. The van der Waals surface area contributed by atoms with E-state index in [4.69, 9.17) is 25.7 Å². The van der Waals surface area contributed by atoms with E-state index in [-0.39, 0.29) is 6.04 Å². The largest absolute Gasteiger partial charge is 0.323 e. The molecule has 0 radical (unpaired) electrons. The summed E-state index contributed by atoms with van der Waals surface area (Å²) in [6.07, 6.45) is 0. The Morgan fingerprint density at radius 2 is 0.847 bits per heavy atom. The van der Waals surface area contributed by atoms with Gasteiger partial charge < -0.3 is 5.73 Å². The van der Waals surface area contributed by atoms with Crippen molar-refractivity contribution in [1.82, 2.24) is 19.9 Å². The van der Waals surface area contributed by atoms with Crippen molar-refractivity contribution in [2.75, 3.05) is 0 Å². The Morgan fingerprint density at radius 1 is 0.356 bits per heavy atom. The highest BCUT2D eigenvalue weighted by Crippen LogP contribution is 2.37. The van der Waals surface area contributed by atoms with Crippen LogP contribution in [0.2, 0.25) is 0 Å². The van der Waals surface area contributed by atoms with Gasteiger partial charge in [0.05, 0.1) is 33.8 Å². The summed E-state index contributed by atoms with van der Waals surface area (Å²) in [5, 5.41) is 2.08. The maximum Gasteiger partial charge on any atom is 0.160 e. The summed E-state index contributed by atoms with van der Waals surface area (Å²) in [5.41, 5.74) is 22.2. The Hall–Kier alpha value is -7.60. The van der Waals surface area contributed by atoms with Crippen LogP contribution < -0.4 is 5.73 Å². The molecular weight excluding hydrogens is 719 g/mol. The third-order valence-electron chi connectivity index (χ3n) is 10.9. The molecule has 5 nitrogen and oxygen atoms in total. The number of nitrogens with zero attached hydrogens (tertiary/aromatic N) is 4. The van der Waals surface area contributed by atoms with Crippen LogP contribution in [0.4, 0.5) is 0 Å². The Balaban J connectivity index is 1.07. The standard InChI is InChI=1S/C54H39N5/c1-35(55)48-30-28-41-27-29-46-47(38-15-7-3-8-16-38)33-49(57-53(46)52(41)56-48)44-21-11-19-42(31-44)43-20-12-22-45(32-43)54-58-50(39-17-9-4-10-18-39)34-51(59-54)40-25-23-37(24-26-40)36-13-5-2-6-14-36/h2-35H,55H2,1H3. The van der Waals surface area contributed by atoms with Crippen molar-refractivity contribution in [2.45, 2.75) is 13.0 Å². The zero-order chi connectivity index (χ0) is 39.7. The summed E-state index contributed by atoms with van der Waals surface area (Å²) in [6, 6.07) is 69.4. The SMILES string of the molecule is CC(N)c1ccc2ccc3c(-c4ccccc4)cc(-c4cccc(-c5cccc(-c6nc(-c7ccccc7)cc(-c7ccc(-c8ccccc8)cc7)n6)c5)c4)nc3c2n1. The molecular formula is C54H39N5. The fourth-order valence-electron chi connectivity index (χ4n) is 7.79. The normalized spacial score (nSPS) is 11.8. The minimum atomic E-state index is -0.192. The van der Waals surface area contributed by atoms with E-state index in [0.29, 0.717) is 5.82 Å². The molecule has 7 aromatic carbocycles. The molecule has 0 saturated heterocycles. The number of hydrogen-bond acceptors (Lipinski definition) is 5. The molecule has 0 aliphatic rings. The van der Waals surface area contributed by atoms with Gasteiger partial charge in [-0.1, -0.05) is 170 Å². The Morgan fingerprint density at radius 3 is 1.51 bits per heavy atom. The first-order valence-electron chi connectivity index (χ1n) is 19.9. The second kappa shape index (κ2) is 15.4. The number of rotatable bonds is 8. The maximum atomic E-state index is 6.31. The monoisotopic (exact) mass is 757 g/mol. The van der Waals surface area contributed by atoms with Crippen LogP contribution >= 0.6 is 0 Å². The number of hydrogen-bond donors (Lipinski definition) is 1. The average molecular weight is 758 g/mol. The number of aromatic nitrogens is 4. The number of pyridine rings is 2. The minimum Gasteiger partial charge on any atom is -0.323 e. The summed E-state index contributed by atoms with van der Waals surface area (Å²) < 4.78 is 0. The second-order valence-electron chi connectivity index (χ2n) is 14.9. The highest BCUT2D eigenvalue weighted by atomic mass is 14.9. The zero-order valence-electron chi connectivity index (χ0n) is 32.5. The van der Waals surface area contributed by atoms with Gasteiger partial charge in [0.15, 0.2) is 5.82 Å². The number of nitrogens with two attached hydrogens (primary N) is 1. The predicted octanol–water partition coefficient (Wildman–Crippen LogP) is 13.3. The van der Waals surface area contributed by atoms with Gasteiger partial charge in [0, 0.05) is 39.1 Å². The molecule has 1 atom stereocenters. The molecule has 3 heterocycles. The molecule has 3 aromatic heterocycles. The van der Waals surface area contributed by atoms with Gasteiger partial charge in [0.25, 0.3) is 0 Å². The van der Waals surface area contributed by atoms with Crippen LogP contribution in [0, 0.1) is 0 Å². The summed E-state index contributed by atoms with van der Waals surface area (Å²) in [5.74, 6) is 0.667. The molecule has 10 rings (SSSR count). The number of fused-ring (bicyclic) bond motifs is 3. The first-order chi connectivity index (χ1) is 29.0. The summed E-state index contributed by atoms with van der Waals surface area (Å²) in [4.78, 5) is 20.7. The van der Waals surface area contributed by atoms with Crippen LogP contribution in [-0.2, 0) is 0 Å². The van der Waals surface area contributed by atoms with Crippen molar-refractivity contribution in [3.8, 4) is 78.5 Å². The highest BCUT2D eigenvalue weighted by molar-refractivity contribution is 6.09. The van der Waals surface area contributed by atoms with Gasteiger partial charge >= 0.3 is 0 Å². The van der Waals surface area contributed by atoms with Crippen LogP contribution in [0.15, 0.2) is 200 Å². The van der Waals surface area contributed by atoms with Crippen molar-refractivity contribution in [3.05, 3.63) is 206 Å². The van der Waals surface area contributed by atoms with E-state index in [1.807, 2.05) is 43.3 Å². The fraction of sp³-hybridized carbons (Fsp3) is 0.0370. The van der Waals surface area contributed by atoms with Crippen LogP contribution in [0.5, 0.6) is 0 Å². The number of benzene rings is 7. The average Bonchev–Trinajstić information content (AvgIpc) is 3.31. The van der Waals surface area contributed by atoms with Gasteiger partial charge in [-0.3, -0.25) is 0 Å². The minimum absolute atomic E-state index is 0.192. The summed E-state index contributed by atoms with van der Waals surface area (Å²) >= 11 is 0. The predicted molar refractivity (Wildman–Crippen MR) is 243 cm³/mol. The quantitative estimate of drug-likeness (QED) is 0.156. The molecule has 0 aliphatic carbocycles. The fourth-order valence-corrected chi connectivity index (χ4v) is 7.79. The lowest BCUT2D eigenvalue weighted by Gasteiger charge is -2.14. The van der Waals surface area contributed by atoms with Crippen LogP contribution in [0.3, 0.4) is 0 Å². The van der Waals surface area contributed by atoms with Crippen LogP contribution in [0.1, 0.15) is 18.7 Å². The van der Waals surface area contributed by atoms with E-state index < -0.39 is 0 Å². The zero-order valence-corrected chi connectivity index (χ0v) is 32.5. The molecule has 0 aliphatic heterocycles. The molecule has 1 unspecified atom stereocenters. The molecule has 0 bridgehead atoms. The van der Waals surface area contributed by atoms with E-state index in [1.54, 1.807) is 0 Å². The van der Waals surface area contributed by atoms with E-state index in [1.165, 1.54) is 5.56 Å². The molecule has 0 spiro atoms. The van der Waals surface area contributed by atoms with Gasteiger partial charge in [0.1, 0.15) is 0 Å². The molecule has 2 N–H and O–H groups in total. The van der Waals surface area contributed by atoms with Gasteiger partial charge in [-0.2, -0.15) is 0 Å².